The summed E-state index contributed by atoms with van der Waals surface area (Å²) in [5.41, 5.74) is 0.473. The molecule has 0 radical (unpaired) electrons. The number of primary sulfonamides is 1. The van der Waals surface area contributed by atoms with Crippen molar-refractivity contribution in [1.29, 1.82) is 0 Å². The predicted molar refractivity (Wildman–Crippen MR) is 50.7 cm³/mol. The van der Waals surface area contributed by atoms with Crippen molar-refractivity contribution in [3.63, 3.8) is 0 Å². The first-order chi connectivity index (χ1) is 6.47. The van der Waals surface area contributed by atoms with Gasteiger partial charge in [0.05, 0.1) is 5.75 Å². The van der Waals surface area contributed by atoms with E-state index in [4.69, 9.17) is 5.14 Å². The largest absolute Gasteiger partial charge is 0.384 e. The zero-order chi connectivity index (χ0) is 10.6. The molecule has 0 bridgehead atoms. The molecule has 0 fully saturated rings. The molecule has 0 spiro atoms. The van der Waals surface area contributed by atoms with E-state index in [1.54, 1.807) is 0 Å². The lowest BCUT2D eigenvalue weighted by molar-refractivity contribution is 0.584. The van der Waals surface area contributed by atoms with Gasteiger partial charge in [0.15, 0.2) is 0 Å². The molecule has 1 aromatic rings. The molecule has 0 unspecified atom stereocenters. The first kappa shape index (κ1) is 10.9. The van der Waals surface area contributed by atoms with Crippen molar-refractivity contribution in [2.45, 2.75) is 0 Å². The van der Waals surface area contributed by atoms with Gasteiger partial charge in [0.1, 0.15) is 0 Å². The van der Waals surface area contributed by atoms with Crippen LogP contribution in [0.15, 0.2) is 18.3 Å². The highest BCUT2D eigenvalue weighted by molar-refractivity contribution is 7.89. The smallest absolute Gasteiger partial charge is 0.214 e. The second-order valence-electron chi connectivity index (χ2n) is 2.66. The number of nitrogens with one attached hydrogen (secondary N) is 1. The number of sulfonamides is 1. The number of nitrogens with two attached hydrogens (primary N) is 1. The highest BCUT2D eigenvalue weighted by atomic mass is 32.2. The molecule has 0 amide bonds. The van der Waals surface area contributed by atoms with E-state index in [1.165, 1.54) is 18.3 Å². The van der Waals surface area contributed by atoms with Crippen LogP contribution in [0.3, 0.4) is 0 Å². The first-order valence-corrected chi connectivity index (χ1v) is 5.55. The monoisotopic (exact) mass is 219 g/mol. The Morgan fingerprint density at radius 3 is 2.86 bits per heavy atom. The lowest BCUT2D eigenvalue weighted by Gasteiger charge is -2.04. The van der Waals surface area contributed by atoms with E-state index in [0.717, 1.165) is 0 Å². The van der Waals surface area contributed by atoms with Gasteiger partial charge in [-0.2, -0.15) is 4.39 Å². The van der Waals surface area contributed by atoms with Gasteiger partial charge in [-0.25, -0.2) is 18.5 Å². The van der Waals surface area contributed by atoms with Gasteiger partial charge >= 0.3 is 0 Å². The minimum atomic E-state index is -3.48. The highest BCUT2D eigenvalue weighted by Gasteiger charge is 2.01. The normalized spacial score (nSPS) is 11.3. The van der Waals surface area contributed by atoms with Crippen molar-refractivity contribution in [3.05, 3.63) is 24.3 Å². The molecule has 14 heavy (non-hydrogen) atoms. The third-order valence-corrected chi connectivity index (χ3v) is 2.22. The standard InChI is InChI=1S/C7H10FN3O2S/c8-7-5-6(1-2-11-7)10-3-4-14(9,12)13/h1-2,5H,3-4H2,(H,10,11)(H2,9,12,13). The molecule has 1 rings (SSSR count). The van der Waals surface area contributed by atoms with Gasteiger partial charge in [-0.05, 0) is 6.07 Å². The van der Waals surface area contributed by atoms with Crippen LogP contribution in [-0.4, -0.2) is 25.7 Å². The van der Waals surface area contributed by atoms with Crippen LogP contribution in [0.1, 0.15) is 0 Å². The Morgan fingerprint density at radius 1 is 1.57 bits per heavy atom. The van der Waals surface area contributed by atoms with Gasteiger partial charge in [-0.1, -0.05) is 0 Å². The Labute approximate surface area is 81.2 Å². The number of halogens is 1. The van der Waals surface area contributed by atoms with Crippen molar-refractivity contribution in [2.24, 2.45) is 5.14 Å². The average Bonchev–Trinajstić information content (AvgIpc) is 2.01. The SMILES string of the molecule is NS(=O)(=O)CCNc1ccnc(F)c1. The number of hydrogen-bond acceptors (Lipinski definition) is 4. The van der Waals surface area contributed by atoms with E-state index in [-0.39, 0.29) is 12.3 Å². The Balaban J connectivity index is 2.47. The van der Waals surface area contributed by atoms with Gasteiger partial charge in [0.25, 0.3) is 0 Å². The first-order valence-electron chi connectivity index (χ1n) is 3.83. The molecule has 5 nitrogen and oxygen atoms in total. The van der Waals surface area contributed by atoms with Gasteiger partial charge < -0.3 is 5.32 Å². The maximum atomic E-state index is 12.5. The summed E-state index contributed by atoms with van der Waals surface area (Å²) in [5, 5.41) is 7.48. The molecule has 1 aromatic heterocycles. The van der Waals surface area contributed by atoms with Crippen LogP contribution < -0.4 is 10.5 Å². The van der Waals surface area contributed by atoms with E-state index in [1.807, 2.05) is 0 Å². The van der Waals surface area contributed by atoms with Crippen LogP contribution in [0, 0.1) is 5.95 Å². The molecule has 1 heterocycles. The van der Waals surface area contributed by atoms with Gasteiger partial charge in [0.2, 0.25) is 16.0 Å². The molecule has 3 N–H and O–H groups in total. The minimum Gasteiger partial charge on any atom is -0.384 e. The van der Waals surface area contributed by atoms with E-state index in [0.29, 0.717) is 5.69 Å². The van der Waals surface area contributed by atoms with Crippen molar-refractivity contribution < 1.29 is 12.8 Å². The predicted octanol–water partition coefficient (Wildman–Crippen LogP) is -0.0789. The summed E-state index contributed by atoms with van der Waals surface area (Å²) >= 11 is 0. The fraction of sp³-hybridized carbons (Fsp3) is 0.286. The van der Waals surface area contributed by atoms with E-state index < -0.39 is 16.0 Å². The number of hydrogen-bond donors (Lipinski definition) is 2. The summed E-state index contributed by atoms with van der Waals surface area (Å²) in [7, 11) is -3.48. The topological polar surface area (TPSA) is 85.1 Å². The lowest BCUT2D eigenvalue weighted by atomic mass is 10.4. The van der Waals surface area contributed by atoms with Crippen molar-refractivity contribution in [2.75, 3.05) is 17.6 Å². The molecular formula is C7H10FN3O2S. The second-order valence-corrected chi connectivity index (χ2v) is 4.39. The Kier molecular flexibility index (Phi) is 3.37. The van der Waals surface area contributed by atoms with Gasteiger partial charge in [-0.3, -0.25) is 0 Å². The minimum absolute atomic E-state index is 0.141. The fourth-order valence-electron chi connectivity index (χ4n) is 0.850. The fourth-order valence-corrected chi connectivity index (χ4v) is 1.24. The number of anilines is 1. The molecule has 0 saturated heterocycles. The van der Waals surface area contributed by atoms with Crippen LogP contribution in [0.5, 0.6) is 0 Å². The average molecular weight is 219 g/mol. The molecule has 0 aromatic carbocycles. The summed E-state index contributed by atoms with van der Waals surface area (Å²) in [6.45, 7) is 0.141. The van der Waals surface area contributed by atoms with Crippen LogP contribution in [0.2, 0.25) is 0 Å². The van der Waals surface area contributed by atoms with Crippen LogP contribution in [0.25, 0.3) is 0 Å². The Hall–Kier alpha value is -1.21. The molecule has 0 aliphatic heterocycles. The summed E-state index contributed by atoms with van der Waals surface area (Å²) < 4.78 is 33.6. The quantitative estimate of drug-likeness (QED) is 0.694. The summed E-state index contributed by atoms with van der Waals surface area (Å²) in [6.07, 6.45) is 1.29. The molecule has 78 valence electrons. The summed E-state index contributed by atoms with van der Waals surface area (Å²) in [4.78, 5) is 3.35. The molecule has 0 saturated carbocycles. The van der Waals surface area contributed by atoms with E-state index in [9.17, 15) is 12.8 Å². The maximum absolute atomic E-state index is 12.5. The summed E-state index contributed by atoms with van der Waals surface area (Å²) in [5.74, 6) is -0.817. The van der Waals surface area contributed by atoms with Crippen molar-refractivity contribution in [3.8, 4) is 0 Å². The number of aromatic nitrogens is 1. The van der Waals surface area contributed by atoms with Crippen molar-refractivity contribution in [1.82, 2.24) is 4.98 Å². The van der Waals surface area contributed by atoms with Gasteiger partial charge in [-0.15, -0.1) is 0 Å². The van der Waals surface area contributed by atoms with Crippen LogP contribution in [-0.2, 0) is 10.0 Å². The third-order valence-electron chi connectivity index (χ3n) is 1.44. The third kappa shape index (κ3) is 4.15. The van der Waals surface area contributed by atoms with Crippen molar-refractivity contribution >= 4 is 15.7 Å². The Bertz CT molecular complexity index is 407. The lowest BCUT2D eigenvalue weighted by Crippen LogP contribution is -2.22. The number of rotatable bonds is 4. The summed E-state index contributed by atoms with van der Waals surface area (Å²) in [6, 6.07) is 2.70. The van der Waals surface area contributed by atoms with Gasteiger partial charge in [0, 0.05) is 24.5 Å². The maximum Gasteiger partial charge on any atom is 0.214 e. The van der Waals surface area contributed by atoms with E-state index >= 15 is 0 Å². The highest BCUT2D eigenvalue weighted by Crippen LogP contribution is 2.05. The molecular weight excluding hydrogens is 209 g/mol. The second kappa shape index (κ2) is 4.34. The molecule has 0 aliphatic rings. The van der Waals surface area contributed by atoms with Crippen LogP contribution in [0.4, 0.5) is 10.1 Å². The molecule has 0 aliphatic carbocycles. The van der Waals surface area contributed by atoms with E-state index in [2.05, 4.69) is 10.3 Å². The number of nitrogens with zero attached hydrogens (tertiary/aromatic N) is 1. The van der Waals surface area contributed by atoms with Crippen LogP contribution >= 0.6 is 0 Å². The zero-order valence-electron chi connectivity index (χ0n) is 7.27. The number of pyridine rings is 1. The molecule has 0 atom stereocenters. The zero-order valence-corrected chi connectivity index (χ0v) is 8.09. The molecule has 7 heteroatoms. The Morgan fingerprint density at radius 2 is 2.29 bits per heavy atom.